The second-order valence-corrected chi connectivity index (χ2v) is 7.91. The molecule has 3 heterocycles. The lowest BCUT2D eigenvalue weighted by atomic mass is 9.96. The van der Waals surface area contributed by atoms with Crippen LogP contribution in [0.1, 0.15) is 50.6 Å². The first-order valence-corrected chi connectivity index (χ1v) is 10.8. The number of hydrogen-bond donors (Lipinski definition) is 1. The topological polar surface area (TPSA) is 76.9 Å². The molecule has 0 aromatic carbocycles. The van der Waals surface area contributed by atoms with Crippen molar-refractivity contribution in [3.05, 3.63) is 92.3 Å². The normalized spacial score (nSPS) is 12.5. The van der Waals surface area contributed by atoms with E-state index in [-0.39, 0.29) is 16.8 Å². The maximum absolute atomic E-state index is 13.2. The van der Waals surface area contributed by atoms with Crippen LogP contribution in [0.25, 0.3) is 6.08 Å². The number of fused-ring (bicyclic) bond motifs is 1. The van der Waals surface area contributed by atoms with Crippen molar-refractivity contribution < 1.29 is 4.79 Å². The predicted molar refractivity (Wildman–Crippen MR) is 126 cm³/mol. The minimum atomic E-state index is -0.294. The highest BCUT2D eigenvalue weighted by Gasteiger charge is 2.22. The lowest BCUT2D eigenvalue weighted by Gasteiger charge is -2.19. The Morgan fingerprint density at radius 1 is 1.30 bits per heavy atom. The summed E-state index contributed by atoms with van der Waals surface area (Å²) in [5.41, 5.74) is 4.58. The van der Waals surface area contributed by atoms with Crippen LogP contribution in [0.2, 0.25) is 0 Å². The predicted octanol–water partition coefficient (Wildman–Crippen LogP) is 4.26. The van der Waals surface area contributed by atoms with Crippen molar-refractivity contribution in [1.29, 1.82) is 0 Å². The lowest BCUT2D eigenvalue weighted by molar-refractivity contribution is 0.103. The van der Waals surface area contributed by atoms with Crippen LogP contribution in [0.3, 0.4) is 0 Å². The van der Waals surface area contributed by atoms with Crippen LogP contribution in [0, 0.1) is 13.8 Å². The fourth-order valence-corrected chi connectivity index (χ4v) is 3.91. The first-order valence-electron chi connectivity index (χ1n) is 9.71. The van der Waals surface area contributed by atoms with Gasteiger partial charge in [-0.25, -0.2) is 4.98 Å². The summed E-state index contributed by atoms with van der Waals surface area (Å²) in [5.74, 6) is 0.466. The van der Waals surface area contributed by atoms with Crippen LogP contribution in [-0.2, 0) is 13.0 Å². The van der Waals surface area contributed by atoms with Gasteiger partial charge in [-0.3, -0.25) is 14.6 Å². The Morgan fingerprint density at radius 2 is 2.13 bits per heavy atom. The average Bonchev–Trinajstić information content (AvgIpc) is 2.77. The van der Waals surface area contributed by atoms with Crippen LogP contribution in [0.5, 0.6) is 0 Å². The van der Waals surface area contributed by atoms with Crippen molar-refractivity contribution in [1.82, 2.24) is 14.5 Å². The van der Waals surface area contributed by atoms with E-state index in [0.717, 1.165) is 34.9 Å². The van der Waals surface area contributed by atoms with E-state index in [1.54, 1.807) is 18.5 Å². The number of aryl methyl sites for hydroxylation is 2. The van der Waals surface area contributed by atoms with Crippen LogP contribution in [0.15, 0.2) is 47.5 Å². The van der Waals surface area contributed by atoms with Gasteiger partial charge in [0.2, 0.25) is 0 Å². The molecule has 0 unspecified atom stereocenters. The molecule has 1 aliphatic carbocycles. The fourth-order valence-electron chi connectivity index (χ4n) is 3.61. The standard InChI is InChI=1S/C23H21IN4O2/c1-14-10-16(11-25-15(14)2)22(29)19-13-28(12-17-6-5-9-21(26-17)27-24)20-8-4-3-7-18(20)23(19)30/h4-6,8-11,13H,3,7,12H2,1-2H3,(H,26,27). The quantitative estimate of drug-likeness (QED) is 0.314. The van der Waals surface area contributed by atoms with Gasteiger partial charge >= 0.3 is 0 Å². The van der Waals surface area contributed by atoms with Gasteiger partial charge in [0.15, 0.2) is 11.2 Å². The monoisotopic (exact) mass is 512 g/mol. The zero-order valence-corrected chi connectivity index (χ0v) is 18.9. The maximum atomic E-state index is 13.2. The SMILES string of the molecule is Cc1cc(C(=O)c2cn(Cc3cccc(NI)n3)c3c(c2=O)CCC=C3)cnc1C. The third kappa shape index (κ3) is 3.94. The molecule has 4 rings (SSSR count). The van der Waals surface area contributed by atoms with E-state index in [4.69, 9.17) is 0 Å². The highest BCUT2D eigenvalue weighted by Crippen LogP contribution is 2.20. The maximum Gasteiger partial charge on any atom is 0.200 e. The number of allylic oxidation sites excluding steroid dienone is 1. The second-order valence-electron chi connectivity index (χ2n) is 7.37. The molecule has 1 aliphatic rings. The van der Waals surface area contributed by atoms with Crippen molar-refractivity contribution in [2.75, 3.05) is 3.53 Å². The number of rotatable bonds is 5. The molecule has 0 fully saturated rings. The highest BCUT2D eigenvalue weighted by atomic mass is 127. The molecule has 7 heteroatoms. The number of halogens is 1. The van der Waals surface area contributed by atoms with Crippen LogP contribution < -0.4 is 8.96 Å². The third-order valence-electron chi connectivity index (χ3n) is 5.34. The minimum Gasteiger partial charge on any atom is -0.341 e. The van der Waals surface area contributed by atoms with Gasteiger partial charge in [0, 0.05) is 34.9 Å². The summed E-state index contributed by atoms with van der Waals surface area (Å²) < 4.78 is 4.96. The van der Waals surface area contributed by atoms with Crippen LogP contribution in [0.4, 0.5) is 5.82 Å². The van der Waals surface area contributed by atoms with Crippen molar-refractivity contribution in [3.63, 3.8) is 0 Å². The van der Waals surface area contributed by atoms with Crippen LogP contribution in [-0.4, -0.2) is 20.3 Å². The number of pyridine rings is 3. The van der Waals surface area contributed by atoms with E-state index < -0.39 is 0 Å². The van der Waals surface area contributed by atoms with E-state index >= 15 is 0 Å². The Labute approximate surface area is 188 Å². The zero-order valence-electron chi connectivity index (χ0n) is 16.8. The van der Waals surface area contributed by atoms with Crippen LogP contribution >= 0.6 is 22.9 Å². The summed E-state index contributed by atoms with van der Waals surface area (Å²) in [4.78, 5) is 35.3. The molecule has 3 aromatic heterocycles. The summed E-state index contributed by atoms with van der Waals surface area (Å²) in [6.07, 6.45) is 8.65. The molecule has 30 heavy (non-hydrogen) atoms. The number of hydrogen-bond acceptors (Lipinski definition) is 5. The molecule has 0 atom stereocenters. The van der Waals surface area contributed by atoms with Crippen molar-refractivity contribution >= 4 is 40.5 Å². The fraction of sp³-hybridized carbons (Fsp3) is 0.217. The second kappa shape index (κ2) is 8.51. The smallest absolute Gasteiger partial charge is 0.200 e. The summed E-state index contributed by atoms with van der Waals surface area (Å²) in [7, 11) is 0. The molecule has 6 nitrogen and oxygen atoms in total. The largest absolute Gasteiger partial charge is 0.341 e. The Morgan fingerprint density at radius 3 is 2.90 bits per heavy atom. The molecule has 0 saturated heterocycles. The van der Waals surface area contributed by atoms with E-state index in [0.29, 0.717) is 24.1 Å². The average molecular weight is 512 g/mol. The molecule has 0 bridgehead atoms. The van der Waals surface area contributed by atoms with Gasteiger partial charge < -0.3 is 8.10 Å². The molecule has 3 aromatic rings. The molecule has 152 valence electrons. The number of nitrogens with one attached hydrogen (secondary N) is 1. The van der Waals surface area contributed by atoms with Crippen molar-refractivity contribution in [2.24, 2.45) is 0 Å². The zero-order chi connectivity index (χ0) is 21.3. The van der Waals surface area contributed by atoms with Gasteiger partial charge in [-0.15, -0.1) is 0 Å². The minimum absolute atomic E-state index is 0.178. The highest BCUT2D eigenvalue weighted by molar-refractivity contribution is 14.1. The van der Waals surface area contributed by atoms with E-state index in [1.807, 2.05) is 65.6 Å². The number of carbonyl (C=O) groups excluding carboxylic acids is 1. The summed E-state index contributed by atoms with van der Waals surface area (Å²) in [6.45, 7) is 4.27. The van der Waals surface area contributed by atoms with Gasteiger partial charge in [0.1, 0.15) is 5.82 Å². The van der Waals surface area contributed by atoms with E-state index in [9.17, 15) is 9.59 Å². The van der Waals surface area contributed by atoms with Gasteiger partial charge in [-0.05, 0) is 56.5 Å². The lowest BCUT2D eigenvalue weighted by Crippen LogP contribution is -2.26. The van der Waals surface area contributed by atoms with E-state index in [2.05, 4.69) is 19.6 Å². The molecule has 0 aliphatic heterocycles. The van der Waals surface area contributed by atoms with Crippen molar-refractivity contribution in [3.8, 4) is 0 Å². The Hall–Kier alpha value is -2.81. The Bertz CT molecular complexity index is 1230. The molecule has 1 N–H and O–H groups in total. The number of aromatic nitrogens is 3. The number of ketones is 1. The van der Waals surface area contributed by atoms with Gasteiger partial charge in [0.25, 0.3) is 0 Å². The number of nitrogens with zero attached hydrogens (tertiary/aromatic N) is 3. The molecular weight excluding hydrogens is 491 g/mol. The molecule has 0 spiro atoms. The Kier molecular flexibility index (Phi) is 5.80. The molecule has 0 amide bonds. The third-order valence-corrected chi connectivity index (χ3v) is 5.89. The first-order chi connectivity index (χ1) is 14.5. The first kappa shape index (κ1) is 20.5. The van der Waals surface area contributed by atoms with Gasteiger partial charge in [0.05, 0.1) is 40.7 Å². The van der Waals surface area contributed by atoms with E-state index in [1.165, 1.54) is 0 Å². The summed E-state index contributed by atoms with van der Waals surface area (Å²) in [5, 5.41) is 0. The summed E-state index contributed by atoms with van der Waals surface area (Å²) in [6, 6.07) is 7.55. The Balaban J connectivity index is 1.82. The molecule has 0 radical (unpaired) electrons. The molecular formula is C23H21IN4O2. The number of anilines is 1. The molecule has 0 saturated carbocycles. The van der Waals surface area contributed by atoms with Crippen molar-refractivity contribution in [2.45, 2.75) is 33.2 Å². The number of carbonyl (C=O) groups is 1. The summed E-state index contributed by atoms with van der Waals surface area (Å²) >= 11 is 2.04. The van der Waals surface area contributed by atoms with Gasteiger partial charge in [-0.2, -0.15) is 0 Å². The van der Waals surface area contributed by atoms with Gasteiger partial charge in [-0.1, -0.05) is 12.1 Å².